The van der Waals surface area contributed by atoms with Crippen molar-refractivity contribution in [1.29, 1.82) is 0 Å². The van der Waals surface area contributed by atoms with E-state index in [1.165, 1.54) is 0 Å². The molecule has 3 nitrogen and oxygen atoms in total. The molecule has 3 heteroatoms. The first-order valence-corrected chi connectivity index (χ1v) is 6.35. The normalized spacial score (nSPS) is 18.7. The van der Waals surface area contributed by atoms with Crippen molar-refractivity contribution >= 4 is 11.9 Å². The first kappa shape index (κ1) is 12.1. The van der Waals surface area contributed by atoms with Gasteiger partial charge in [-0.25, -0.2) is 9.59 Å². The minimum atomic E-state index is -0.423. The van der Waals surface area contributed by atoms with Crippen molar-refractivity contribution in [2.45, 2.75) is 52.4 Å². The molecule has 92 valence electrons. The molecule has 0 bridgehead atoms. The van der Waals surface area contributed by atoms with E-state index in [-0.39, 0.29) is 0 Å². The predicted molar refractivity (Wildman–Crippen MR) is 64.2 cm³/mol. The summed E-state index contributed by atoms with van der Waals surface area (Å²) in [5.41, 5.74) is 3.72. The summed E-state index contributed by atoms with van der Waals surface area (Å²) in [5, 5.41) is 0. The van der Waals surface area contributed by atoms with Crippen molar-refractivity contribution < 1.29 is 14.3 Å². The van der Waals surface area contributed by atoms with Crippen LogP contribution in [0.4, 0.5) is 0 Å². The second-order valence-electron chi connectivity index (χ2n) is 4.55. The number of ether oxygens (including phenoxy) is 1. The molecular weight excluding hydrogens is 216 g/mol. The number of esters is 2. The summed E-state index contributed by atoms with van der Waals surface area (Å²) in [6.45, 7) is 4.04. The van der Waals surface area contributed by atoms with E-state index in [4.69, 9.17) is 4.74 Å². The number of allylic oxidation sites excluding steroid dienone is 2. The van der Waals surface area contributed by atoms with Crippen molar-refractivity contribution in [1.82, 2.24) is 0 Å². The highest BCUT2D eigenvalue weighted by Crippen LogP contribution is 2.33. The third kappa shape index (κ3) is 2.19. The van der Waals surface area contributed by atoms with Gasteiger partial charge in [-0.05, 0) is 38.5 Å². The third-order valence-corrected chi connectivity index (χ3v) is 3.74. The van der Waals surface area contributed by atoms with Crippen LogP contribution >= 0.6 is 0 Å². The molecule has 2 aliphatic rings. The molecule has 0 aromatic heterocycles. The molecule has 0 spiro atoms. The van der Waals surface area contributed by atoms with Crippen LogP contribution in [0, 0.1) is 0 Å². The molecule has 2 aliphatic carbocycles. The molecule has 0 saturated carbocycles. The summed E-state index contributed by atoms with van der Waals surface area (Å²) in [6, 6.07) is 0. The van der Waals surface area contributed by atoms with E-state index < -0.39 is 11.9 Å². The number of hydrogen-bond donors (Lipinski definition) is 0. The lowest BCUT2D eigenvalue weighted by Gasteiger charge is -2.23. The van der Waals surface area contributed by atoms with Gasteiger partial charge in [-0.1, -0.05) is 25.0 Å². The highest BCUT2D eigenvalue weighted by Gasteiger charge is 2.29. The summed E-state index contributed by atoms with van der Waals surface area (Å²) in [6.07, 6.45) is 5.21. The van der Waals surface area contributed by atoms with Gasteiger partial charge >= 0.3 is 11.9 Å². The number of carbonyl (C=O) groups excluding carboxylic acids is 2. The highest BCUT2D eigenvalue weighted by atomic mass is 16.6. The quantitative estimate of drug-likeness (QED) is 0.554. The second kappa shape index (κ2) is 4.86. The van der Waals surface area contributed by atoms with Crippen molar-refractivity contribution in [2.24, 2.45) is 0 Å². The lowest BCUT2D eigenvalue weighted by molar-refractivity contribution is -0.154. The summed E-state index contributed by atoms with van der Waals surface area (Å²) in [4.78, 5) is 23.4. The van der Waals surface area contributed by atoms with Crippen LogP contribution in [0.25, 0.3) is 0 Å². The molecule has 0 N–H and O–H groups in total. The molecule has 0 fully saturated rings. The Morgan fingerprint density at radius 3 is 1.53 bits per heavy atom. The van der Waals surface area contributed by atoms with Gasteiger partial charge < -0.3 is 4.74 Å². The molecular formula is C14H18O3. The Balaban J connectivity index is 1.99. The molecule has 0 atom stereocenters. The molecule has 0 aromatic rings. The second-order valence-corrected chi connectivity index (χ2v) is 4.55. The van der Waals surface area contributed by atoms with Crippen LogP contribution in [-0.4, -0.2) is 11.9 Å². The van der Waals surface area contributed by atoms with Crippen LogP contribution in [0.2, 0.25) is 0 Å². The van der Waals surface area contributed by atoms with Gasteiger partial charge in [-0.2, -0.15) is 0 Å². The van der Waals surface area contributed by atoms with E-state index in [0.29, 0.717) is 0 Å². The largest absolute Gasteiger partial charge is 0.386 e. The average Bonchev–Trinajstić information content (AvgIpc) is 2.14. The highest BCUT2D eigenvalue weighted by molar-refractivity contribution is 6.03. The number of rotatable bonds is 4. The lowest BCUT2D eigenvalue weighted by Crippen LogP contribution is -2.23. The fourth-order valence-corrected chi connectivity index (χ4v) is 2.33. The molecule has 0 heterocycles. The maximum Gasteiger partial charge on any atom is 0.341 e. The fraction of sp³-hybridized carbons (Fsp3) is 0.571. The van der Waals surface area contributed by atoms with E-state index in [1.54, 1.807) is 0 Å². The summed E-state index contributed by atoms with van der Waals surface area (Å²) < 4.78 is 4.93. The molecule has 0 aliphatic heterocycles. The van der Waals surface area contributed by atoms with Gasteiger partial charge in [0, 0.05) is 11.1 Å². The summed E-state index contributed by atoms with van der Waals surface area (Å²) in [7, 11) is 0. The lowest BCUT2D eigenvalue weighted by atomic mass is 9.86. The Kier molecular flexibility index (Phi) is 3.46. The molecule has 17 heavy (non-hydrogen) atoms. The van der Waals surface area contributed by atoms with Crippen LogP contribution in [0.1, 0.15) is 52.4 Å². The third-order valence-electron chi connectivity index (χ3n) is 3.74. The molecule has 2 rings (SSSR count). The van der Waals surface area contributed by atoms with E-state index in [0.717, 1.165) is 60.8 Å². The van der Waals surface area contributed by atoms with Crippen LogP contribution < -0.4 is 0 Å². The van der Waals surface area contributed by atoms with Gasteiger partial charge in [0.25, 0.3) is 0 Å². The van der Waals surface area contributed by atoms with E-state index >= 15 is 0 Å². The maximum atomic E-state index is 11.7. The first-order chi connectivity index (χ1) is 8.17. The van der Waals surface area contributed by atoms with E-state index in [9.17, 15) is 9.59 Å². The maximum absolute atomic E-state index is 11.7. The Hall–Kier alpha value is -1.38. The monoisotopic (exact) mass is 234 g/mol. The Morgan fingerprint density at radius 1 is 0.882 bits per heavy atom. The zero-order chi connectivity index (χ0) is 12.4. The Morgan fingerprint density at radius 2 is 1.29 bits per heavy atom. The molecule has 0 aromatic carbocycles. The van der Waals surface area contributed by atoms with Gasteiger partial charge in [0.05, 0.1) is 0 Å². The number of carbonyl (C=O) groups is 2. The summed E-state index contributed by atoms with van der Waals surface area (Å²) >= 11 is 0. The van der Waals surface area contributed by atoms with E-state index in [2.05, 4.69) is 0 Å². The first-order valence-electron chi connectivity index (χ1n) is 6.35. The summed E-state index contributed by atoms with van der Waals surface area (Å²) in [5.74, 6) is -0.846. The van der Waals surface area contributed by atoms with Crippen molar-refractivity contribution in [3.63, 3.8) is 0 Å². The SMILES string of the molecule is CCC1=C(C(=O)OC(=O)C2=C(CC)CC2)CC1. The van der Waals surface area contributed by atoms with Crippen LogP contribution in [0.15, 0.2) is 22.3 Å². The van der Waals surface area contributed by atoms with Gasteiger partial charge in [0.1, 0.15) is 0 Å². The van der Waals surface area contributed by atoms with Crippen LogP contribution in [0.5, 0.6) is 0 Å². The van der Waals surface area contributed by atoms with E-state index in [1.807, 2.05) is 13.8 Å². The van der Waals surface area contributed by atoms with Gasteiger partial charge in [-0.3, -0.25) is 0 Å². The predicted octanol–water partition coefficient (Wildman–Crippen LogP) is 3.06. The van der Waals surface area contributed by atoms with Crippen molar-refractivity contribution in [3.8, 4) is 0 Å². The topological polar surface area (TPSA) is 43.4 Å². The molecule has 0 unspecified atom stereocenters. The Bertz CT molecular complexity index is 387. The zero-order valence-electron chi connectivity index (χ0n) is 10.5. The van der Waals surface area contributed by atoms with Crippen LogP contribution in [0.3, 0.4) is 0 Å². The van der Waals surface area contributed by atoms with Crippen LogP contribution in [-0.2, 0) is 14.3 Å². The fourth-order valence-electron chi connectivity index (χ4n) is 2.33. The zero-order valence-corrected chi connectivity index (χ0v) is 10.5. The number of hydrogen-bond acceptors (Lipinski definition) is 3. The van der Waals surface area contributed by atoms with Crippen molar-refractivity contribution in [2.75, 3.05) is 0 Å². The molecule has 0 amide bonds. The van der Waals surface area contributed by atoms with Gasteiger partial charge in [0.15, 0.2) is 0 Å². The van der Waals surface area contributed by atoms with Gasteiger partial charge in [-0.15, -0.1) is 0 Å². The molecule has 0 radical (unpaired) electrons. The average molecular weight is 234 g/mol. The minimum Gasteiger partial charge on any atom is -0.386 e. The van der Waals surface area contributed by atoms with Gasteiger partial charge in [0.2, 0.25) is 0 Å². The minimum absolute atomic E-state index is 0.423. The Labute approximate surface area is 102 Å². The standard InChI is InChI=1S/C14H18O3/c1-3-9-5-7-11(9)13(15)17-14(16)12-8-6-10(12)4-2/h3-8H2,1-2H3. The van der Waals surface area contributed by atoms with Crippen molar-refractivity contribution in [3.05, 3.63) is 22.3 Å². The molecule has 0 saturated heterocycles. The smallest absolute Gasteiger partial charge is 0.341 e.